The van der Waals surface area contributed by atoms with Crippen LogP contribution in [0.4, 0.5) is 0 Å². The Labute approximate surface area is 119 Å². The van der Waals surface area contributed by atoms with Crippen LogP contribution in [0.25, 0.3) is 0 Å². The second-order valence-electron chi connectivity index (χ2n) is 6.36. The van der Waals surface area contributed by atoms with Crippen molar-refractivity contribution in [1.82, 2.24) is 5.43 Å². The zero-order chi connectivity index (χ0) is 13.5. The van der Waals surface area contributed by atoms with Crippen molar-refractivity contribution < 1.29 is 5.11 Å². The van der Waals surface area contributed by atoms with Crippen LogP contribution < -0.4 is 11.2 Å². The van der Waals surface area contributed by atoms with Crippen molar-refractivity contribution in [2.24, 2.45) is 28.6 Å². The molecule has 0 aromatic rings. The quantitative estimate of drug-likeness (QED) is 0.507. The van der Waals surface area contributed by atoms with Gasteiger partial charge in [-0.05, 0) is 56.2 Å². The highest BCUT2D eigenvalue weighted by Crippen LogP contribution is 2.52. The molecule has 0 aromatic heterocycles. The Balaban J connectivity index is 1.90. The van der Waals surface area contributed by atoms with E-state index in [9.17, 15) is 5.11 Å². The van der Waals surface area contributed by atoms with Crippen LogP contribution in [0.3, 0.4) is 0 Å². The van der Waals surface area contributed by atoms with Crippen molar-refractivity contribution in [3.63, 3.8) is 0 Å². The first-order valence-electron chi connectivity index (χ1n) is 7.46. The first-order valence-corrected chi connectivity index (χ1v) is 7.87. The molecule has 4 atom stereocenters. The van der Waals surface area contributed by atoms with Crippen LogP contribution in [-0.2, 0) is 0 Å². The van der Waals surface area contributed by atoms with Crippen molar-refractivity contribution in [3.05, 3.63) is 0 Å². The largest absolute Gasteiger partial charge is 0.389 e. The molecule has 2 bridgehead atoms. The van der Waals surface area contributed by atoms with Crippen molar-refractivity contribution in [2.75, 3.05) is 0 Å². The van der Waals surface area contributed by atoms with Gasteiger partial charge in [-0.3, -0.25) is 5.43 Å². The average Bonchev–Trinajstić information content (AvgIpc) is 2.38. The van der Waals surface area contributed by atoms with Crippen molar-refractivity contribution in [1.29, 1.82) is 0 Å². The van der Waals surface area contributed by atoms with Gasteiger partial charge in [-0.1, -0.05) is 19.3 Å². The third-order valence-corrected chi connectivity index (χ3v) is 5.47. The maximum Gasteiger partial charge on any atom is 0.184 e. The van der Waals surface area contributed by atoms with Crippen LogP contribution in [0.2, 0.25) is 0 Å². The molecule has 0 aromatic carbocycles. The monoisotopic (exact) mass is 281 g/mol. The predicted octanol–water partition coefficient (Wildman–Crippen LogP) is 1.92. The maximum absolute atomic E-state index is 11.2. The molecule has 3 aliphatic carbocycles. The SMILES string of the molecule is NC(=S)N/N=C1\C2CCCC1C1(O)CCCCC1C2. The molecule has 0 saturated heterocycles. The summed E-state index contributed by atoms with van der Waals surface area (Å²) in [6.07, 6.45) is 9.07. The third-order valence-electron chi connectivity index (χ3n) is 5.38. The molecular weight excluding hydrogens is 258 g/mol. The molecule has 106 valence electrons. The van der Waals surface area contributed by atoms with Crippen molar-refractivity contribution in [3.8, 4) is 0 Å². The average molecular weight is 281 g/mol. The Morgan fingerprint density at radius 2 is 2.16 bits per heavy atom. The van der Waals surface area contributed by atoms with Gasteiger partial charge in [0.25, 0.3) is 0 Å². The molecule has 0 amide bonds. The fourth-order valence-corrected chi connectivity index (χ4v) is 4.60. The number of fused-ring (bicyclic) bond motifs is 4. The standard InChI is InChI=1S/C14H23N3OS/c15-13(19)17-16-12-9-4-3-6-11(12)14(18)7-2-1-5-10(14)8-9/h9-11,18H,1-8H2,(H3,15,17,19)/b16-12+. The fourth-order valence-electron chi connectivity index (χ4n) is 4.56. The summed E-state index contributed by atoms with van der Waals surface area (Å²) < 4.78 is 0. The first kappa shape index (κ1) is 13.3. The third kappa shape index (κ3) is 2.27. The molecule has 5 heteroatoms. The van der Waals surface area contributed by atoms with Gasteiger partial charge in [0.05, 0.1) is 5.60 Å². The Morgan fingerprint density at radius 1 is 1.32 bits per heavy atom. The van der Waals surface area contributed by atoms with E-state index in [-0.39, 0.29) is 11.0 Å². The zero-order valence-corrected chi connectivity index (χ0v) is 12.1. The van der Waals surface area contributed by atoms with E-state index in [1.54, 1.807) is 0 Å². The van der Waals surface area contributed by atoms with E-state index in [4.69, 9.17) is 18.0 Å². The summed E-state index contributed by atoms with van der Waals surface area (Å²) >= 11 is 4.84. The summed E-state index contributed by atoms with van der Waals surface area (Å²) in [4.78, 5) is 0. The van der Waals surface area contributed by atoms with Gasteiger partial charge in [0, 0.05) is 11.6 Å². The number of hydrazone groups is 1. The lowest BCUT2D eigenvalue weighted by Gasteiger charge is -2.54. The number of hydrogen-bond acceptors (Lipinski definition) is 3. The minimum atomic E-state index is -0.522. The summed E-state index contributed by atoms with van der Waals surface area (Å²) in [5.41, 5.74) is 8.82. The molecule has 0 spiro atoms. The van der Waals surface area contributed by atoms with Crippen LogP contribution in [0, 0.1) is 17.8 Å². The topological polar surface area (TPSA) is 70.6 Å². The highest BCUT2D eigenvalue weighted by atomic mass is 32.1. The zero-order valence-electron chi connectivity index (χ0n) is 11.3. The minimum Gasteiger partial charge on any atom is -0.389 e. The molecule has 4 nitrogen and oxygen atoms in total. The van der Waals surface area contributed by atoms with Crippen LogP contribution >= 0.6 is 12.2 Å². The Morgan fingerprint density at radius 3 is 2.95 bits per heavy atom. The Bertz CT molecular complexity index is 411. The van der Waals surface area contributed by atoms with E-state index in [1.807, 2.05) is 0 Å². The molecule has 0 heterocycles. The molecular formula is C14H23N3OS. The van der Waals surface area contributed by atoms with E-state index in [1.165, 1.54) is 25.7 Å². The van der Waals surface area contributed by atoms with Gasteiger partial charge < -0.3 is 10.8 Å². The molecule has 19 heavy (non-hydrogen) atoms. The van der Waals surface area contributed by atoms with Crippen LogP contribution in [0.15, 0.2) is 5.10 Å². The van der Waals surface area contributed by atoms with Gasteiger partial charge in [-0.25, -0.2) is 0 Å². The number of nitrogens with two attached hydrogens (primary N) is 1. The fraction of sp³-hybridized carbons (Fsp3) is 0.857. The van der Waals surface area contributed by atoms with Crippen molar-refractivity contribution in [2.45, 2.75) is 57.0 Å². The number of thiocarbonyl (C=S) groups is 1. The summed E-state index contributed by atoms with van der Waals surface area (Å²) in [6, 6.07) is 0. The molecule has 3 fully saturated rings. The first-order chi connectivity index (χ1) is 9.11. The van der Waals surface area contributed by atoms with Gasteiger partial charge in [0.1, 0.15) is 0 Å². The van der Waals surface area contributed by atoms with Crippen molar-refractivity contribution >= 4 is 23.0 Å². The van der Waals surface area contributed by atoms with E-state index < -0.39 is 5.60 Å². The molecule has 4 unspecified atom stereocenters. The highest BCUT2D eigenvalue weighted by molar-refractivity contribution is 7.80. The van der Waals surface area contributed by atoms with Crippen LogP contribution in [0.5, 0.6) is 0 Å². The Kier molecular flexibility index (Phi) is 3.52. The van der Waals surface area contributed by atoms with Gasteiger partial charge in [-0.15, -0.1) is 0 Å². The molecule has 0 radical (unpaired) electrons. The molecule has 4 N–H and O–H groups in total. The van der Waals surface area contributed by atoms with Crippen LogP contribution in [-0.4, -0.2) is 21.5 Å². The normalized spacial score (nSPS) is 43.6. The number of hydrogen-bond donors (Lipinski definition) is 3. The van der Waals surface area contributed by atoms with E-state index in [2.05, 4.69) is 10.5 Å². The smallest absolute Gasteiger partial charge is 0.184 e. The Hall–Kier alpha value is -0.680. The highest BCUT2D eigenvalue weighted by Gasteiger charge is 2.54. The van der Waals surface area contributed by atoms with E-state index in [0.717, 1.165) is 31.4 Å². The summed E-state index contributed by atoms with van der Waals surface area (Å²) in [5, 5.41) is 15.8. The maximum atomic E-state index is 11.2. The second kappa shape index (κ2) is 5.02. The van der Waals surface area contributed by atoms with E-state index >= 15 is 0 Å². The number of aliphatic hydroxyl groups is 1. The van der Waals surface area contributed by atoms with Gasteiger partial charge in [0.15, 0.2) is 5.11 Å². The number of rotatable bonds is 1. The van der Waals surface area contributed by atoms with Crippen LogP contribution in [0.1, 0.15) is 51.4 Å². The summed E-state index contributed by atoms with van der Waals surface area (Å²) in [5.74, 6) is 1.21. The second-order valence-corrected chi connectivity index (χ2v) is 6.80. The molecule has 0 aliphatic heterocycles. The lowest BCUT2D eigenvalue weighted by Crippen LogP contribution is -2.58. The number of nitrogens with one attached hydrogen (secondary N) is 1. The van der Waals surface area contributed by atoms with Gasteiger partial charge in [-0.2, -0.15) is 5.10 Å². The lowest BCUT2D eigenvalue weighted by molar-refractivity contribution is -0.101. The molecule has 3 aliphatic rings. The van der Waals surface area contributed by atoms with Gasteiger partial charge in [0.2, 0.25) is 0 Å². The predicted molar refractivity (Wildman–Crippen MR) is 79.7 cm³/mol. The molecule has 3 saturated carbocycles. The van der Waals surface area contributed by atoms with E-state index in [0.29, 0.717) is 11.8 Å². The minimum absolute atomic E-state index is 0.211. The molecule has 3 rings (SSSR count). The number of nitrogens with zero attached hydrogens (tertiary/aromatic N) is 1. The summed E-state index contributed by atoms with van der Waals surface area (Å²) in [6.45, 7) is 0. The lowest BCUT2D eigenvalue weighted by atomic mass is 9.54. The van der Waals surface area contributed by atoms with Gasteiger partial charge >= 0.3 is 0 Å². The summed E-state index contributed by atoms with van der Waals surface area (Å²) in [7, 11) is 0.